The molecule has 2 aromatic carbocycles. The average Bonchev–Trinajstić information content (AvgIpc) is 2.47. The maximum absolute atomic E-state index is 4.02. The topological polar surface area (TPSA) is 0 Å². The maximum atomic E-state index is 4.02. The molecule has 0 aliphatic rings. The molecule has 1 heteroatoms. The van der Waals surface area contributed by atoms with Gasteiger partial charge in [-0.15, -0.1) is 0 Å². The van der Waals surface area contributed by atoms with Crippen LogP contribution in [-0.2, 0) is 0 Å². The van der Waals surface area contributed by atoms with Gasteiger partial charge in [-0.05, 0) is 67.5 Å². The van der Waals surface area contributed by atoms with Crippen LogP contribution in [0, 0.1) is 27.7 Å². The Bertz CT molecular complexity index is 587. The summed E-state index contributed by atoms with van der Waals surface area (Å²) >= 11 is 4.02. The fraction of sp³-hybridized carbons (Fsp3) is 0.400. The summed E-state index contributed by atoms with van der Waals surface area (Å²) in [4.78, 5) is 0.364. The molecule has 2 aromatic rings. The van der Waals surface area contributed by atoms with Crippen LogP contribution in [0.5, 0.6) is 0 Å². The molecule has 0 bridgehead atoms. The lowest BCUT2D eigenvalue weighted by atomic mass is 9.84. The zero-order valence-electron chi connectivity index (χ0n) is 13.7. The van der Waals surface area contributed by atoms with Crippen LogP contribution in [0.2, 0.25) is 0 Å². The normalized spacial score (nSPS) is 14.0. The van der Waals surface area contributed by atoms with Gasteiger partial charge in [0, 0.05) is 10.7 Å². The predicted molar refractivity (Wildman–Crippen MR) is 96.5 cm³/mol. The number of alkyl halides is 1. The second-order valence-corrected chi connectivity index (χ2v) is 6.99. The first-order chi connectivity index (χ1) is 9.97. The Morgan fingerprint density at radius 1 is 0.905 bits per heavy atom. The number of hydrogen-bond acceptors (Lipinski definition) is 0. The Hall–Kier alpha value is -1.08. The molecule has 0 aliphatic heterocycles. The first-order valence-electron chi connectivity index (χ1n) is 7.73. The smallest absolute Gasteiger partial charge is 0.0469 e. The minimum Gasteiger partial charge on any atom is -0.0832 e. The summed E-state index contributed by atoms with van der Waals surface area (Å²) in [6, 6.07) is 13.2. The lowest BCUT2D eigenvalue weighted by Gasteiger charge is -2.27. The highest BCUT2D eigenvalue weighted by molar-refractivity contribution is 9.09. The Labute approximate surface area is 137 Å². The quantitative estimate of drug-likeness (QED) is 0.551. The van der Waals surface area contributed by atoms with Gasteiger partial charge in [-0.3, -0.25) is 0 Å². The molecule has 21 heavy (non-hydrogen) atoms. The van der Waals surface area contributed by atoms with Crippen molar-refractivity contribution < 1.29 is 0 Å². The van der Waals surface area contributed by atoms with Gasteiger partial charge in [-0.25, -0.2) is 0 Å². The summed E-state index contributed by atoms with van der Waals surface area (Å²) in [5, 5.41) is 0. The van der Waals surface area contributed by atoms with Crippen LogP contribution in [0.25, 0.3) is 0 Å². The van der Waals surface area contributed by atoms with E-state index in [0.717, 1.165) is 6.42 Å². The number of hydrogen-bond donors (Lipinski definition) is 0. The van der Waals surface area contributed by atoms with Gasteiger partial charge < -0.3 is 0 Å². The molecular weight excluding hydrogens is 320 g/mol. The number of benzene rings is 2. The van der Waals surface area contributed by atoms with Crippen molar-refractivity contribution in [1.29, 1.82) is 0 Å². The first-order valence-corrected chi connectivity index (χ1v) is 8.65. The van der Waals surface area contributed by atoms with E-state index in [1.807, 2.05) is 0 Å². The Morgan fingerprint density at radius 3 is 1.90 bits per heavy atom. The summed E-state index contributed by atoms with van der Waals surface area (Å²) < 4.78 is 0. The predicted octanol–water partition coefficient (Wildman–Crippen LogP) is 6.55. The average molecular weight is 345 g/mol. The van der Waals surface area contributed by atoms with Gasteiger partial charge in [-0.2, -0.15) is 0 Å². The van der Waals surface area contributed by atoms with E-state index in [-0.39, 0.29) is 0 Å². The third-order valence-electron chi connectivity index (χ3n) is 4.72. The summed E-state index contributed by atoms with van der Waals surface area (Å²) in [6.07, 6.45) is 1.13. The zero-order chi connectivity index (χ0) is 15.6. The Balaban J connectivity index is 2.51. The maximum Gasteiger partial charge on any atom is 0.0469 e. The van der Waals surface area contributed by atoms with Crippen molar-refractivity contribution >= 4 is 15.9 Å². The molecule has 112 valence electrons. The minimum absolute atomic E-state index is 0.364. The van der Waals surface area contributed by atoms with E-state index in [0.29, 0.717) is 10.7 Å². The van der Waals surface area contributed by atoms with Crippen molar-refractivity contribution in [3.8, 4) is 0 Å². The Morgan fingerprint density at radius 2 is 1.43 bits per heavy atom. The molecule has 0 heterocycles. The van der Waals surface area contributed by atoms with E-state index in [1.54, 1.807) is 0 Å². The first kappa shape index (κ1) is 16.3. The van der Waals surface area contributed by atoms with Gasteiger partial charge in [0.1, 0.15) is 0 Å². The van der Waals surface area contributed by atoms with Crippen molar-refractivity contribution in [1.82, 2.24) is 0 Å². The molecule has 2 rings (SSSR count). The largest absolute Gasteiger partial charge is 0.0832 e. The van der Waals surface area contributed by atoms with Gasteiger partial charge >= 0.3 is 0 Å². The molecule has 0 amide bonds. The minimum atomic E-state index is 0.364. The van der Waals surface area contributed by atoms with E-state index >= 15 is 0 Å². The van der Waals surface area contributed by atoms with Crippen LogP contribution >= 0.6 is 15.9 Å². The second-order valence-electron chi connectivity index (χ2n) is 6.00. The van der Waals surface area contributed by atoms with Crippen LogP contribution in [0.3, 0.4) is 0 Å². The third kappa shape index (κ3) is 3.23. The molecular formula is C20H25Br. The summed E-state index contributed by atoms with van der Waals surface area (Å²) in [6.45, 7) is 11.2. The molecule has 0 nitrogen and oxygen atoms in total. The molecule has 0 aromatic heterocycles. The molecule has 0 radical (unpaired) electrons. The fourth-order valence-electron chi connectivity index (χ4n) is 3.17. The second kappa shape index (κ2) is 6.79. The summed E-state index contributed by atoms with van der Waals surface area (Å²) in [7, 11) is 0. The summed E-state index contributed by atoms with van der Waals surface area (Å²) in [5.41, 5.74) is 8.52. The molecule has 2 unspecified atom stereocenters. The number of aryl methyl sites for hydroxylation is 2. The van der Waals surface area contributed by atoms with Gasteiger partial charge in [0.2, 0.25) is 0 Å². The van der Waals surface area contributed by atoms with Crippen LogP contribution in [-0.4, -0.2) is 0 Å². The van der Waals surface area contributed by atoms with Gasteiger partial charge in [0.25, 0.3) is 0 Å². The monoisotopic (exact) mass is 344 g/mol. The van der Waals surface area contributed by atoms with Gasteiger partial charge in [-0.1, -0.05) is 59.3 Å². The summed E-state index contributed by atoms with van der Waals surface area (Å²) in [5.74, 6) is 0.504. The highest BCUT2D eigenvalue weighted by Crippen LogP contribution is 2.43. The van der Waals surface area contributed by atoms with Crippen molar-refractivity contribution in [2.75, 3.05) is 0 Å². The Kier molecular flexibility index (Phi) is 5.27. The molecule has 0 N–H and O–H groups in total. The lowest BCUT2D eigenvalue weighted by molar-refractivity contribution is 0.650. The molecule has 0 fully saturated rings. The SMILES string of the molecule is CCC(c1ccccc1)C(Br)c1c(C)c(C)cc(C)c1C. The van der Waals surface area contributed by atoms with Crippen molar-refractivity contribution in [2.45, 2.75) is 51.8 Å². The van der Waals surface area contributed by atoms with Crippen LogP contribution < -0.4 is 0 Å². The van der Waals surface area contributed by atoms with Crippen LogP contribution in [0.4, 0.5) is 0 Å². The molecule has 2 atom stereocenters. The van der Waals surface area contributed by atoms with E-state index in [1.165, 1.54) is 33.4 Å². The number of halogens is 1. The molecule has 0 saturated carbocycles. The molecule has 0 spiro atoms. The van der Waals surface area contributed by atoms with Gasteiger partial charge in [0.05, 0.1) is 0 Å². The highest BCUT2D eigenvalue weighted by atomic mass is 79.9. The van der Waals surface area contributed by atoms with Crippen LogP contribution in [0.1, 0.15) is 57.5 Å². The van der Waals surface area contributed by atoms with E-state index in [2.05, 4.69) is 86.9 Å². The van der Waals surface area contributed by atoms with E-state index in [4.69, 9.17) is 0 Å². The van der Waals surface area contributed by atoms with Crippen LogP contribution in [0.15, 0.2) is 36.4 Å². The fourth-order valence-corrected chi connectivity index (χ4v) is 4.54. The third-order valence-corrected chi connectivity index (χ3v) is 5.82. The van der Waals surface area contributed by atoms with E-state index < -0.39 is 0 Å². The van der Waals surface area contributed by atoms with Gasteiger partial charge in [0.15, 0.2) is 0 Å². The van der Waals surface area contributed by atoms with Crippen molar-refractivity contribution in [2.24, 2.45) is 0 Å². The zero-order valence-corrected chi connectivity index (χ0v) is 15.3. The standard InChI is InChI=1S/C20H25Br/c1-6-18(17-10-8-7-9-11-17)20(21)19-15(4)13(2)12-14(3)16(19)5/h7-12,18,20H,6H2,1-5H3. The molecule has 0 saturated heterocycles. The van der Waals surface area contributed by atoms with Crippen molar-refractivity contribution in [3.63, 3.8) is 0 Å². The highest BCUT2D eigenvalue weighted by Gasteiger charge is 2.24. The molecule has 0 aliphatic carbocycles. The lowest BCUT2D eigenvalue weighted by Crippen LogP contribution is -2.10. The number of rotatable bonds is 4. The van der Waals surface area contributed by atoms with Crippen molar-refractivity contribution in [3.05, 3.63) is 69.8 Å². The van der Waals surface area contributed by atoms with E-state index in [9.17, 15) is 0 Å².